The summed E-state index contributed by atoms with van der Waals surface area (Å²) < 4.78 is 5.34. The van der Waals surface area contributed by atoms with E-state index < -0.39 is 0 Å². The molecule has 156 valence electrons. The van der Waals surface area contributed by atoms with E-state index in [1.54, 1.807) is 13.3 Å². The summed E-state index contributed by atoms with van der Waals surface area (Å²) in [5.74, 6) is 2.28. The number of methoxy groups -OCH3 is 1. The molecular weight excluding hydrogens is 374 g/mol. The molecule has 0 amide bonds. The molecule has 1 aromatic heterocycles. The molecule has 0 atom stereocenters. The standard InChI is InChI=1S/C24H29N5O/c1-30-22-10-5-8-20(18-22)19-7-4-9-21(17-19)27-24-26-13-11-23(28-24)25-12-6-16-29-14-2-3-15-29/h4-5,7-11,13,17-18H,2-3,6,12,14-16H2,1H3,(H2,25,26,27,28). The fraction of sp³-hybridized carbons (Fsp3) is 0.333. The highest BCUT2D eigenvalue weighted by Gasteiger charge is 2.10. The lowest BCUT2D eigenvalue weighted by Gasteiger charge is -2.14. The van der Waals surface area contributed by atoms with Gasteiger partial charge in [0.15, 0.2) is 0 Å². The minimum atomic E-state index is 0.585. The van der Waals surface area contributed by atoms with E-state index in [0.717, 1.165) is 47.9 Å². The fourth-order valence-corrected chi connectivity index (χ4v) is 3.75. The third-order valence-corrected chi connectivity index (χ3v) is 5.33. The van der Waals surface area contributed by atoms with Gasteiger partial charge in [-0.05, 0) is 80.4 Å². The first-order valence-electron chi connectivity index (χ1n) is 10.6. The van der Waals surface area contributed by atoms with Gasteiger partial charge in [0.1, 0.15) is 11.6 Å². The molecule has 1 fully saturated rings. The van der Waals surface area contributed by atoms with Gasteiger partial charge in [-0.1, -0.05) is 24.3 Å². The van der Waals surface area contributed by atoms with Crippen LogP contribution in [-0.2, 0) is 0 Å². The van der Waals surface area contributed by atoms with Crippen LogP contribution < -0.4 is 15.4 Å². The van der Waals surface area contributed by atoms with E-state index in [9.17, 15) is 0 Å². The molecule has 30 heavy (non-hydrogen) atoms. The fourth-order valence-electron chi connectivity index (χ4n) is 3.75. The number of nitrogens with zero attached hydrogens (tertiary/aromatic N) is 3. The summed E-state index contributed by atoms with van der Waals surface area (Å²) in [6.07, 6.45) is 5.58. The molecule has 6 nitrogen and oxygen atoms in total. The van der Waals surface area contributed by atoms with Gasteiger partial charge in [-0.15, -0.1) is 0 Å². The zero-order valence-electron chi connectivity index (χ0n) is 17.5. The molecule has 2 N–H and O–H groups in total. The predicted octanol–water partition coefficient (Wildman–Crippen LogP) is 4.79. The van der Waals surface area contributed by atoms with Gasteiger partial charge in [-0.25, -0.2) is 4.98 Å². The summed E-state index contributed by atoms with van der Waals surface area (Å²) in [5, 5.41) is 6.73. The van der Waals surface area contributed by atoms with Gasteiger partial charge >= 0.3 is 0 Å². The largest absolute Gasteiger partial charge is 0.497 e. The summed E-state index contributed by atoms with van der Waals surface area (Å²) in [7, 11) is 1.68. The van der Waals surface area contributed by atoms with Crippen molar-refractivity contribution in [2.24, 2.45) is 0 Å². The molecule has 1 aliphatic heterocycles. The van der Waals surface area contributed by atoms with Gasteiger partial charge in [0.25, 0.3) is 0 Å². The Morgan fingerprint density at radius 3 is 2.63 bits per heavy atom. The van der Waals surface area contributed by atoms with Gasteiger partial charge in [-0.2, -0.15) is 4.98 Å². The van der Waals surface area contributed by atoms with E-state index in [0.29, 0.717) is 5.95 Å². The van der Waals surface area contributed by atoms with Crippen molar-refractivity contribution in [3.8, 4) is 16.9 Å². The highest BCUT2D eigenvalue weighted by molar-refractivity contribution is 5.70. The zero-order chi connectivity index (χ0) is 20.6. The van der Waals surface area contributed by atoms with E-state index >= 15 is 0 Å². The lowest BCUT2D eigenvalue weighted by molar-refractivity contribution is 0.337. The van der Waals surface area contributed by atoms with Crippen molar-refractivity contribution in [2.45, 2.75) is 19.3 Å². The summed E-state index contributed by atoms with van der Waals surface area (Å²) in [4.78, 5) is 11.5. The van der Waals surface area contributed by atoms with Gasteiger partial charge in [0.2, 0.25) is 5.95 Å². The molecule has 1 saturated heterocycles. The summed E-state index contributed by atoms with van der Waals surface area (Å²) >= 11 is 0. The number of anilines is 3. The number of hydrogen-bond donors (Lipinski definition) is 2. The Morgan fingerprint density at radius 1 is 1.00 bits per heavy atom. The third kappa shape index (κ3) is 5.48. The molecule has 0 radical (unpaired) electrons. The molecule has 2 aromatic carbocycles. The maximum atomic E-state index is 5.34. The summed E-state index contributed by atoms with van der Waals surface area (Å²) in [6, 6.07) is 18.2. The second-order valence-corrected chi connectivity index (χ2v) is 7.53. The van der Waals surface area contributed by atoms with Crippen LogP contribution in [0.15, 0.2) is 60.8 Å². The van der Waals surface area contributed by atoms with Crippen LogP contribution >= 0.6 is 0 Å². The molecule has 0 unspecified atom stereocenters. The Labute approximate surface area is 178 Å². The molecule has 3 aromatic rings. The van der Waals surface area contributed by atoms with E-state index in [1.807, 2.05) is 36.4 Å². The Kier molecular flexibility index (Phi) is 6.77. The minimum absolute atomic E-state index is 0.585. The molecule has 1 aliphatic rings. The number of nitrogens with one attached hydrogen (secondary N) is 2. The van der Waals surface area contributed by atoms with Crippen molar-refractivity contribution in [3.05, 3.63) is 60.8 Å². The van der Waals surface area contributed by atoms with Crippen molar-refractivity contribution < 1.29 is 4.74 Å². The lowest BCUT2D eigenvalue weighted by atomic mass is 10.0. The molecule has 2 heterocycles. The van der Waals surface area contributed by atoms with Crippen LogP contribution in [0.4, 0.5) is 17.5 Å². The first-order valence-corrected chi connectivity index (χ1v) is 10.6. The Bertz CT molecular complexity index is 956. The molecule has 4 rings (SSSR count). The van der Waals surface area contributed by atoms with Crippen LogP contribution in [0.1, 0.15) is 19.3 Å². The maximum Gasteiger partial charge on any atom is 0.229 e. The van der Waals surface area contributed by atoms with Crippen molar-refractivity contribution in [1.29, 1.82) is 0 Å². The van der Waals surface area contributed by atoms with Gasteiger partial charge < -0.3 is 20.3 Å². The monoisotopic (exact) mass is 403 g/mol. The molecule has 0 aliphatic carbocycles. The van der Waals surface area contributed by atoms with Crippen molar-refractivity contribution in [2.75, 3.05) is 43.9 Å². The van der Waals surface area contributed by atoms with Gasteiger partial charge in [0, 0.05) is 18.4 Å². The first kappa shape index (κ1) is 20.2. The Morgan fingerprint density at radius 2 is 1.80 bits per heavy atom. The van der Waals surface area contributed by atoms with Gasteiger partial charge in [-0.3, -0.25) is 0 Å². The average molecular weight is 404 g/mol. The van der Waals surface area contributed by atoms with Crippen LogP contribution in [0, 0.1) is 0 Å². The summed E-state index contributed by atoms with van der Waals surface area (Å²) in [6.45, 7) is 4.56. The molecule has 0 bridgehead atoms. The van der Waals surface area contributed by atoms with Crippen LogP contribution in [0.3, 0.4) is 0 Å². The van der Waals surface area contributed by atoms with Gasteiger partial charge in [0.05, 0.1) is 7.11 Å². The smallest absolute Gasteiger partial charge is 0.229 e. The van der Waals surface area contributed by atoms with Crippen LogP contribution in [0.5, 0.6) is 5.75 Å². The number of aromatic nitrogens is 2. The lowest BCUT2D eigenvalue weighted by Crippen LogP contribution is -2.22. The number of rotatable bonds is 9. The number of ether oxygens (including phenoxy) is 1. The molecule has 6 heteroatoms. The average Bonchev–Trinajstić information content (AvgIpc) is 3.31. The Balaban J connectivity index is 1.36. The van der Waals surface area contributed by atoms with E-state index in [4.69, 9.17) is 4.74 Å². The predicted molar refractivity (Wildman–Crippen MR) is 123 cm³/mol. The van der Waals surface area contributed by atoms with Crippen LogP contribution in [0.2, 0.25) is 0 Å². The number of likely N-dealkylation sites (tertiary alicyclic amines) is 1. The highest BCUT2D eigenvalue weighted by Crippen LogP contribution is 2.27. The third-order valence-electron chi connectivity index (χ3n) is 5.33. The van der Waals surface area contributed by atoms with Crippen LogP contribution in [0.25, 0.3) is 11.1 Å². The number of benzene rings is 2. The van der Waals surface area contributed by atoms with E-state index in [2.05, 4.69) is 43.7 Å². The topological polar surface area (TPSA) is 62.3 Å². The molecular formula is C24H29N5O. The van der Waals surface area contributed by atoms with Crippen molar-refractivity contribution in [1.82, 2.24) is 14.9 Å². The van der Waals surface area contributed by atoms with E-state index in [1.165, 1.54) is 25.9 Å². The van der Waals surface area contributed by atoms with Crippen molar-refractivity contribution >= 4 is 17.5 Å². The van der Waals surface area contributed by atoms with Crippen LogP contribution in [-0.4, -0.2) is 48.2 Å². The number of hydrogen-bond acceptors (Lipinski definition) is 6. The first-order chi connectivity index (χ1) is 14.8. The normalized spacial score (nSPS) is 13.9. The van der Waals surface area contributed by atoms with E-state index in [-0.39, 0.29) is 0 Å². The second-order valence-electron chi connectivity index (χ2n) is 7.53. The Hall–Kier alpha value is -3.12. The SMILES string of the molecule is COc1cccc(-c2cccc(Nc3nccc(NCCCN4CCCC4)n3)c2)c1. The van der Waals surface area contributed by atoms with Crippen molar-refractivity contribution in [3.63, 3.8) is 0 Å². The maximum absolute atomic E-state index is 5.34. The minimum Gasteiger partial charge on any atom is -0.497 e. The molecule has 0 spiro atoms. The quantitative estimate of drug-likeness (QED) is 0.501. The zero-order valence-corrected chi connectivity index (χ0v) is 17.5. The highest BCUT2D eigenvalue weighted by atomic mass is 16.5. The second kappa shape index (κ2) is 10.1. The molecule has 0 saturated carbocycles. The summed E-state index contributed by atoms with van der Waals surface area (Å²) in [5.41, 5.74) is 3.16.